The molecule has 0 aromatic heterocycles. The van der Waals surface area contributed by atoms with E-state index in [9.17, 15) is 10.2 Å². The van der Waals surface area contributed by atoms with Crippen LogP contribution in [0.2, 0.25) is 0 Å². The molecule has 1 atom stereocenters. The van der Waals surface area contributed by atoms with Crippen LogP contribution in [0.4, 0.5) is 0 Å². The van der Waals surface area contributed by atoms with Crippen LogP contribution in [0.5, 0.6) is 0 Å². The van der Waals surface area contributed by atoms with E-state index in [-0.39, 0.29) is 6.10 Å². The lowest BCUT2D eigenvalue weighted by Crippen LogP contribution is -2.34. The van der Waals surface area contributed by atoms with E-state index in [1.165, 1.54) is 63.9 Å². The second kappa shape index (κ2) is 13.0. The van der Waals surface area contributed by atoms with Crippen molar-refractivity contribution in [2.75, 3.05) is 0 Å². The summed E-state index contributed by atoms with van der Waals surface area (Å²) in [7, 11) is 0. The Morgan fingerprint density at radius 2 is 1.52 bits per heavy atom. The average Bonchev–Trinajstić information content (AvgIpc) is 2.59. The Bertz CT molecular complexity index is 299. The molecule has 0 amide bonds. The summed E-state index contributed by atoms with van der Waals surface area (Å²) in [5, 5.41) is 19.6. The number of aliphatic hydroxyl groups is 2. The lowest BCUT2D eigenvalue weighted by atomic mass is 10.0. The number of rotatable bonds is 11. The van der Waals surface area contributed by atoms with Crippen LogP contribution in [0.25, 0.3) is 0 Å². The van der Waals surface area contributed by atoms with Crippen LogP contribution in [0, 0.1) is 0 Å². The standard InChI is InChI=1S/C20H38O3/c1-2-3-4-5-6-7-8-9-10-13-16-19-17-14-11-12-15-18-20(21,22)23-19/h15,18-19,21-22H,2-14,16-17H2,1H3/b18-15+/t19-/m0/s1. The van der Waals surface area contributed by atoms with Gasteiger partial charge in [0.05, 0.1) is 6.10 Å². The summed E-state index contributed by atoms with van der Waals surface area (Å²) in [5.74, 6) is -2.08. The minimum absolute atomic E-state index is 0.0261. The lowest BCUT2D eigenvalue weighted by Gasteiger charge is -2.25. The minimum Gasteiger partial charge on any atom is -0.340 e. The van der Waals surface area contributed by atoms with Crippen LogP contribution in [0.1, 0.15) is 103 Å². The van der Waals surface area contributed by atoms with Crippen molar-refractivity contribution in [1.29, 1.82) is 0 Å². The first-order valence-corrected chi connectivity index (χ1v) is 9.94. The Morgan fingerprint density at radius 3 is 2.17 bits per heavy atom. The molecule has 0 saturated carbocycles. The van der Waals surface area contributed by atoms with Crippen molar-refractivity contribution in [2.24, 2.45) is 0 Å². The van der Waals surface area contributed by atoms with Gasteiger partial charge < -0.3 is 14.9 Å². The second-order valence-electron chi connectivity index (χ2n) is 7.06. The molecule has 1 aliphatic rings. The maximum absolute atomic E-state index is 9.78. The summed E-state index contributed by atoms with van der Waals surface area (Å²) in [6.45, 7) is 2.26. The zero-order chi connectivity index (χ0) is 16.8. The van der Waals surface area contributed by atoms with E-state index in [1.807, 2.05) is 6.08 Å². The smallest absolute Gasteiger partial charge is 0.299 e. The van der Waals surface area contributed by atoms with Gasteiger partial charge in [0.15, 0.2) is 0 Å². The van der Waals surface area contributed by atoms with Crippen molar-refractivity contribution < 1.29 is 14.9 Å². The molecule has 1 heterocycles. The molecule has 3 nitrogen and oxygen atoms in total. The summed E-state index contributed by atoms with van der Waals surface area (Å²) in [5.41, 5.74) is 0. The van der Waals surface area contributed by atoms with Gasteiger partial charge in [0.2, 0.25) is 0 Å². The Labute approximate surface area is 143 Å². The van der Waals surface area contributed by atoms with Gasteiger partial charge in [0.1, 0.15) is 0 Å². The molecule has 0 spiro atoms. The molecule has 3 heteroatoms. The molecular formula is C20H38O3. The molecule has 1 aliphatic heterocycles. The number of allylic oxidation sites excluding steroid dienone is 1. The first-order chi connectivity index (χ1) is 11.1. The van der Waals surface area contributed by atoms with Gasteiger partial charge in [0.25, 0.3) is 5.97 Å². The Morgan fingerprint density at radius 1 is 0.913 bits per heavy atom. The predicted molar refractivity (Wildman–Crippen MR) is 96.1 cm³/mol. The van der Waals surface area contributed by atoms with Gasteiger partial charge in [-0.2, -0.15) is 0 Å². The lowest BCUT2D eigenvalue weighted by molar-refractivity contribution is -0.322. The van der Waals surface area contributed by atoms with Crippen LogP contribution in [-0.4, -0.2) is 22.3 Å². The first-order valence-electron chi connectivity index (χ1n) is 9.94. The van der Waals surface area contributed by atoms with Gasteiger partial charge in [-0.15, -0.1) is 0 Å². The van der Waals surface area contributed by atoms with E-state index in [0.717, 1.165) is 38.5 Å². The zero-order valence-electron chi connectivity index (χ0n) is 15.1. The third kappa shape index (κ3) is 11.7. The highest BCUT2D eigenvalue weighted by Crippen LogP contribution is 2.22. The van der Waals surface area contributed by atoms with Crippen LogP contribution < -0.4 is 0 Å². The minimum atomic E-state index is -2.08. The molecule has 0 aromatic carbocycles. The number of hydrogen-bond donors (Lipinski definition) is 2. The van der Waals surface area contributed by atoms with Crippen molar-refractivity contribution in [3.05, 3.63) is 12.2 Å². The highest BCUT2D eigenvalue weighted by atomic mass is 16.8. The fourth-order valence-electron chi connectivity index (χ4n) is 3.28. The van der Waals surface area contributed by atoms with Crippen molar-refractivity contribution in [2.45, 2.75) is 115 Å². The molecule has 0 aromatic rings. The highest BCUT2D eigenvalue weighted by Gasteiger charge is 2.25. The fraction of sp³-hybridized carbons (Fsp3) is 0.900. The molecule has 0 bridgehead atoms. The van der Waals surface area contributed by atoms with E-state index in [2.05, 4.69) is 6.92 Å². The molecule has 0 saturated heterocycles. The largest absolute Gasteiger partial charge is 0.340 e. The number of unbranched alkanes of at least 4 members (excludes halogenated alkanes) is 9. The highest BCUT2D eigenvalue weighted by molar-refractivity contribution is 4.90. The molecule has 0 radical (unpaired) electrons. The summed E-state index contributed by atoms with van der Waals surface area (Å²) in [6, 6.07) is 0. The van der Waals surface area contributed by atoms with Crippen LogP contribution in [0.3, 0.4) is 0 Å². The van der Waals surface area contributed by atoms with Crippen LogP contribution >= 0.6 is 0 Å². The monoisotopic (exact) mass is 326 g/mol. The van der Waals surface area contributed by atoms with E-state index >= 15 is 0 Å². The molecule has 136 valence electrons. The van der Waals surface area contributed by atoms with Crippen LogP contribution in [0.15, 0.2) is 12.2 Å². The maximum atomic E-state index is 9.78. The van der Waals surface area contributed by atoms with E-state index in [4.69, 9.17) is 4.74 Å². The number of ether oxygens (including phenoxy) is 1. The van der Waals surface area contributed by atoms with Gasteiger partial charge in [-0.25, -0.2) is 0 Å². The molecule has 0 aliphatic carbocycles. The third-order valence-corrected chi connectivity index (χ3v) is 4.70. The SMILES string of the molecule is CCCCCCCCCCCC[C@H]1CCCC/C=C/C(O)(O)O1. The summed E-state index contributed by atoms with van der Waals surface area (Å²) < 4.78 is 5.47. The van der Waals surface area contributed by atoms with Gasteiger partial charge in [-0.3, -0.25) is 0 Å². The van der Waals surface area contributed by atoms with Crippen molar-refractivity contribution >= 4 is 0 Å². The molecular weight excluding hydrogens is 288 g/mol. The quantitative estimate of drug-likeness (QED) is 0.301. The topological polar surface area (TPSA) is 49.7 Å². The molecule has 0 fully saturated rings. The van der Waals surface area contributed by atoms with Crippen LogP contribution in [-0.2, 0) is 4.74 Å². The summed E-state index contributed by atoms with van der Waals surface area (Å²) in [6.07, 6.45) is 21.4. The van der Waals surface area contributed by atoms with Gasteiger partial charge in [-0.1, -0.05) is 83.6 Å². The Kier molecular flexibility index (Phi) is 11.7. The number of hydrogen-bond acceptors (Lipinski definition) is 3. The van der Waals surface area contributed by atoms with E-state index in [1.54, 1.807) is 0 Å². The normalized spacial score (nSPS) is 23.0. The molecule has 0 unspecified atom stereocenters. The van der Waals surface area contributed by atoms with Gasteiger partial charge in [-0.05, 0) is 25.7 Å². The van der Waals surface area contributed by atoms with Crippen molar-refractivity contribution in [1.82, 2.24) is 0 Å². The molecule has 2 N–H and O–H groups in total. The first kappa shape index (κ1) is 20.7. The predicted octanol–water partition coefficient (Wildman–Crippen LogP) is 5.45. The third-order valence-electron chi connectivity index (χ3n) is 4.70. The Balaban J connectivity index is 2.04. The maximum Gasteiger partial charge on any atom is 0.299 e. The van der Waals surface area contributed by atoms with E-state index < -0.39 is 5.97 Å². The average molecular weight is 327 g/mol. The van der Waals surface area contributed by atoms with Crippen molar-refractivity contribution in [3.8, 4) is 0 Å². The fourth-order valence-corrected chi connectivity index (χ4v) is 3.28. The zero-order valence-corrected chi connectivity index (χ0v) is 15.1. The van der Waals surface area contributed by atoms with E-state index in [0.29, 0.717) is 0 Å². The summed E-state index contributed by atoms with van der Waals surface area (Å²) in [4.78, 5) is 0. The summed E-state index contributed by atoms with van der Waals surface area (Å²) >= 11 is 0. The van der Waals surface area contributed by atoms with Gasteiger partial charge in [0, 0.05) is 6.08 Å². The molecule has 1 rings (SSSR count). The van der Waals surface area contributed by atoms with Crippen molar-refractivity contribution in [3.63, 3.8) is 0 Å². The molecule has 23 heavy (non-hydrogen) atoms. The second-order valence-corrected chi connectivity index (χ2v) is 7.06. The Hall–Kier alpha value is -0.380. The van der Waals surface area contributed by atoms with Gasteiger partial charge >= 0.3 is 0 Å².